The van der Waals surface area contributed by atoms with Crippen molar-refractivity contribution in [3.05, 3.63) is 35.9 Å². The van der Waals surface area contributed by atoms with Gasteiger partial charge in [-0.15, -0.1) is 0 Å². The van der Waals surface area contributed by atoms with Gasteiger partial charge in [0.2, 0.25) is 11.0 Å². The summed E-state index contributed by atoms with van der Waals surface area (Å²) in [4.78, 5) is 11.7. The molecule has 0 unspecified atom stereocenters. The fourth-order valence-electron chi connectivity index (χ4n) is 1.60. The van der Waals surface area contributed by atoms with Crippen molar-refractivity contribution in [2.24, 2.45) is 0 Å². The molecule has 1 aromatic carbocycles. The Bertz CT molecular complexity index is 382. The minimum atomic E-state index is -2.82. The zero-order valence-electron chi connectivity index (χ0n) is 10.6. The predicted molar refractivity (Wildman–Crippen MR) is 72.6 cm³/mol. The Labute approximate surface area is 115 Å². The summed E-state index contributed by atoms with van der Waals surface area (Å²) in [5.41, 5.74) is 0.580. The van der Waals surface area contributed by atoms with Crippen LogP contribution in [0.15, 0.2) is 30.3 Å². The van der Waals surface area contributed by atoms with Gasteiger partial charge in [-0.05, 0) is 12.8 Å². The molecular formula is C14H17F3OS. The largest absolute Gasteiger partial charge is 0.282 e. The van der Waals surface area contributed by atoms with E-state index in [2.05, 4.69) is 0 Å². The Balaban J connectivity index is 2.22. The van der Waals surface area contributed by atoms with Crippen molar-refractivity contribution in [2.45, 2.75) is 31.6 Å². The van der Waals surface area contributed by atoms with Crippen molar-refractivity contribution < 1.29 is 18.0 Å². The number of rotatable bonds is 8. The van der Waals surface area contributed by atoms with Crippen LogP contribution < -0.4 is 0 Å². The monoisotopic (exact) mass is 290 g/mol. The molecule has 5 heteroatoms. The molecule has 1 nitrogen and oxygen atoms in total. The minimum absolute atomic E-state index is 0.104. The molecule has 0 aliphatic carbocycles. The van der Waals surface area contributed by atoms with E-state index in [0.717, 1.165) is 11.8 Å². The number of alkyl halides is 3. The Morgan fingerprint density at radius 3 is 2.37 bits per heavy atom. The molecule has 0 amide bonds. The highest BCUT2D eigenvalue weighted by Crippen LogP contribution is 2.27. The van der Waals surface area contributed by atoms with Gasteiger partial charge in [0, 0.05) is 24.2 Å². The maximum atomic E-state index is 13.2. The summed E-state index contributed by atoms with van der Waals surface area (Å²) in [6.07, 6.45) is -0.561. The molecule has 19 heavy (non-hydrogen) atoms. The lowest BCUT2D eigenvalue weighted by Gasteiger charge is -2.14. The first-order chi connectivity index (χ1) is 9.05. The third kappa shape index (κ3) is 6.66. The molecule has 0 saturated heterocycles. The number of thioether (sulfide) groups is 1. The molecule has 0 spiro atoms. The average molecular weight is 290 g/mol. The van der Waals surface area contributed by atoms with Gasteiger partial charge < -0.3 is 0 Å². The van der Waals surface area contributed by atoms with E-state index in [1.807, 2.05) is 6.07 Å². The summed E-state index contributed by atoms with van der Waals surface area (Å²) >= 11 is 1.05. The van der Waals surface area contributed by atoms with Crippen LogP contribution in [0.1, 0.15) is 36.0 Å². The van der Waals surface area contributed by atoms with Gasteiger partial charge in [-0.3, -0.25) is 9.18 Å². The van der Waals surface area contributed by atoms with Crippen LogP contribution in [-0.2, 0) is 0 Å². The molecule has 0 radical (unpaired) electrons. The van der Waals surface area contributed by atoms with E-state index < -0.39 is 19.0 Å². The zero-order chi connectivity index (χ0) is 14.1. The maximum Gasteiger partial charge on any atom is 0.248 e. The summed E-state index contributed by atoms with van der Waals surface area (Å²) < 4.78 is 38.2. The molecule has 0 aliphatic rings. The van der Waals surface area contributed by atoms with Gasteiger partial charge >= 0.3 is 0 Å². The molecule has 0 heterocycles. The molecule has 0 fully saturated rings. The van der Waals surface area contributed by atoms with Crippen LogP contribution in [0.3, 0.4) is 0 Å². The topological polar surface area (TPSA) is 17.1 Å². The third-order valence-electron chi connectivity index (χ3n) is 2.61. The van der Waals surface area contributed by atoms with E-state index in [4.69, 9.17) is 0 Å². The lowest BCUT2D eigenvalue weighted by Crippen LogP contribution is -2.16. The van der Waals surface area contributed by atoms with Crippen LogP contribution >= 0.6 is 11.8 Å². The summed E-state index contributed by atoms with van der Waals surface area (Å²) in [5.74, 6) is -2.46. The number of benzene rings is 1. The Hall–Kier alpha value is -0.970. The number of carbonyl (C=O) groups is 1. The zero-order valence-corrected chi connectivity index (χ0v) is 11.4. The second kappa shape index (κ2) is 8.25. The fraction of sp³-hybridized carbons (Fsp3) is 0.500. The van der Waals surface area contributed by atoms with Crippen LogP contribution in [0.2, 0.25) is 0 Å². The number of hydrogen-bond acceptors (Lipinski definition) is 2. The second-order valence-electron chi connectivity index (χ2n) is 4.25. The quantitative estimate of drug-likeness (QED) is 0.644. The first-order valence-electron chi connectivity index (χ1n) is 6.21. The van der Waals surface area contributed by atoms with Gasteiger partial charge in [-0.25, -0.2) is 8.78 Å². The Morgan fingerprint density at radius 1 is 1.11 bits per heavy atom. The highest BCUT2D eigenvalue weighted by atomic mass is 32.2. The van der Waals surface area contributed by atoms with Crippen LogP contribution in [0.4, 0.5) is 13.2 Å². The van der Waals surface area contributed by atoms with E-state index in [0.29, 0.717) is 11.3 Å². The van der Waals surface area contributed by atoms with Crippen molar-refractivity contribution in [3.63, 3.8) is 0 Å². The lowest BCUT2D eigenvalue weighted by molar-refractivity contribution is -0.0195. The van der Waals surface area contributed by atoms with Gasteiger partial charge in [-0.2, -0.15) is 0 Å². The molecule has 0 atom stereocenters. The third-order valence-corrected chi connectivity index (χ3v) is 3.60. The van der Waals surface area contributed by atoms with Gasteiger partial charge in [0.05, 0.1) is 6.67 Å². The van der Waals surface area contributed by atoms with E-state index in [-0.39, 0.29) is 24.4 Å². The van der Waals surface area contributed by atoms with Crippen molar-refractivity contribution in [1.29, 1.82) is 0 Å². The number of halogens is 3. The summed E-state index contributed by atoms with van der Waals surface area (Å²) in [5, 5.41) is -0.104. The van der Waals surface area contributed by atoms with Crippen LogP contribution in [0.25, 0.3) is 0 Å². The van der Waals surface area contributed by atoms with Crippen LogP contribution in [-0.4, -0.2) is 23.5 Å². The molecule has 106 valence electrons. The summed E-state index contributed by atoms with van der Waals surface area (Å²) in [6.45, 7) is -0.711. The molecule has 1 aromatic rings. The second-order valence-corrected chi connectivity index (χ2v) is 5.32. The summed E-state index contributed by atoms with van der Waals surface area (Å²) in [7, 11) is 0. The summed E-state index contributed by atoms with van der Waals surface area (Å²) in [6, 6.07) is 8.74. The van der Waals surface area contributed by atoms with E-state index in [9.17, 15) is 18.0 Å². The molecule has 0 aliphatic heterocycles. The number of carbonyl (C=O) groups excluding carboxylic acids is 1. The minimum Gasteiger partial charge on any atom is -0.282 e. The van der Waals surface area contributed by atoms with Crippen molar-refractivity contribution in [3.8, 4) is 0 Å². The molecule has 1 rings (SSSR count). The molecule has 0 N–H and O–H groups in total. The normalized spacial score (nSPS) is 11.5. The van der Waals surface area contributed by atoms with Crippen LogP contribution in [0.5, 0.6) is 0 Å². The van der Waals surface area contributed by atoms with Crippen molar-refractivity contribution in [2.75, 3.05) is 12.4 Å². The van der Waals surface area contributed by atoms with Crippen molar-refractivity contribution >= 4 is 16.9 Å². The van der Waals surface area contributed by atoms with Crippen LogP contribution in [0, 0.1) is 0 Å². The lowest BCUT2D eigenvalue weighted by atomic mass is 10.1. The van der Waals surface area contributed by atoms with E-state index >= 15 is 0 Å². The standard InChI is InChI=1S/C14H17F3OS/c15-10-4-8-14(16,17)9-5-11-19-13(18)12-6-2-1-3-7-12/h1-3,6-7H,4-5,8-11H2. The van der Waals surface area contributed by atoms with E-state index in [1.165, 1.54) is 0 Å². The first-order valence-corrected chi connectivity index (χ1v) is 7.20. The number of hydrogen-bond donors (Lipinski definition) is 0. The molecular weight excluding hydrogens is 273 g/mol. The smallest absolute Gasteiger partial charge is 0.248 e. The van der Waals surface area contributed by atoms with E-state index in [1.54, 1.807) is 24.3 Å². The Morgan fingerprint density at radius 2 is 1.74 bits per heavy atom. The highest BCUT2D eigenvalue weighted by Gasteiger charge is 2.27. The van der Waals surface area contributed by atoms with Gasteiger partial charge in [0.15, 0.2) is 0 Å². The van der Waals surface area contributed by atoms with Gasteiger partial charge in [0.25, 0.3) is 0 Å². The molecule has 0 aromatic heterocycles. The first kappa shape index (κ1) is 16.1. The van der Waals surface area contributed by atoms with Gasteiger partial charge in [-0.1, -0.05) is 42.1 Å². The van der Waals surface area contributed by atoms with Crippen molar-refractivity contribution in [1.82, 2.24) is 0 Å². The predicted octanol–water partition coefficient (Wildman–Crippen LogP) is 4.73. The maximum absolute atomic E-state index is 13.2. The Kier molecular flexibility index (Phi) is 6.99. The highest BCUT2D eigenvalue weighted by molar-refractivity contribution is 8.14. The molecule has 0 bridgehead atoms. The molecule has 0 saturated carbocycles. The van der Waals surface area contributed by atoms with Gasteiger partial charge in [0.1, 0.15) is 0 Å². The SMILES string of the molecule is O=C(SCCCC(F)(F)CCCF)c1ccccc1. The average Bonchev–Trinajstić information content (AvgIpc) is 2.42. The fourth-order valence-corrected chi connectivity index (χ4v) is 2.38.